The lowest BCUT2D eigenvalue weighted by Crippen LogP contribution is -1.74. The molecule has 1 N–H and O–H groups in total. The Bertz CT molecular complexity index is 68.7. The first-order valence-electron chi connectivity index (χ1n) is 8.48. The molecule has 0 bridgehead atoms. The summed E-state index contributed by atoms with van der Waals surface area (Å²) in [5, 5.41) is 7.38. The third-order valence-corrected chi connectivity index (χ3v) is 0.462. The first kappa shape index (κ1) is 172. The number of aldehydes is 1. The molecular weight excluding hydrogens is 384 g/mol. The third-order valence-electron chi connectivity index (χ3n) is 0.462. The molecule has 0 aromatic carbocycles. The van der Waals surface area contributed by atoms with Crippen molar-refractivity contribution in [1.29, 1.82) is 0 Å². The van der Waals surface area contributed by atoms with Crippen LogP contribution in [-0.2, 0) is 9.68 Å². The normalized spacial score (nSPS) is 3.58. The van der Waals surface area contributed by atoms with Crippen molar-refractivity contribution in [2.24, 2.45) is 0 Å². The predicted octanol–water partition coefficient (Wildman–Crippen LogP) is 13.8. The van der Waals surface area contributed by atoms with E-state index < -0.39 is 0 Å². The SMILES string of the molecule is C.C.C.C.C.C.C.C.C.C.CC.CC.CC.CC.CC.CC=CC.CC=O.CCOO. The molecule has 0 amide bonds. The molecule has 0 saturated heterocycles. The summed E-state index contributed by atoms with van der Waals surface area (Å²) in [6.45, 7) is 27.5. The Labute approximate surface area is 211 Å². The van der Waals surface area contributed by atoms with Crippen LogP contribution in [0.5, 0.6) is 0 Å². The lowest BCUT2D eigenvalue weighted by molar-refractivity contribution is -0.237. The maximum absolute atomic E-state index is 8.81. The monoisotopic (exact) mass is 473 g/mol. The summed E-state index contributed by atoms with van der Waals surface area (Å²) in [5.41, 5.74) is 0. The predicted molar refractivity (Wildman–Crippen MR) is 171 cm³/mol. The molecule has 3 nitrogen and oxygen atoms in total. The van der Waals surface area contributed by atoms with E-state index in [0.29, 0.717) is 6.61 Å². The van der Waals surface area contributed by atoms with Crippen LogP contribution < -0.4 is 0 Å². The van der Waals surface area contributed by atoms with Crippen molar-refractivity contribution in [3.8, 4) is 0 Å². The van der Waals surface area contributed by atoms with Crippen LogP contribution in [0, 0.1) is 0 Å². The summed E-state index contributed by atoms with van der Waals surface area (Å²) < 4.78 is 0. The molecule has 31 heavy (non-hydrogen) atoms. The van der Waals surface area contributed by atoms with Gasteiger partial charge in [0.25, 0.3) is 0 Å². The van der Waals surface area contributed by atoms with Crippen LogP contribution in [0.2, 0.25) is 0 Å². The maximum Gasteiger partial charge on any atom is 0.116 e. The highest BCUT2D eigenvalue weighted by molar-refractivity contribution is 5.44. The van der Waals surface area contributed by atoms with E-state index in [-0.39, 0.29) is 74.3 Å². The average molecular weight is 473 g/mol. The maximum atomic E-state index is 8.81. The second kappa shape index (κ2) is 1260. The van der Waals surface area contributed by atoms with Crippen molar-refractivity contribution < 1.29 is 14.9 Å². The molecule has 218 valence electrons. The summed E-state index contributed by atoms with van der Waals surface area (Å²) in [6, 6.07) is 0. The minimum Gasteiger partial charge on any atom is -0.304 e. The van der Waals surface area contributed by atoms with Crippen molar-refractivity contribution in [1.82, 2.24) is 0 Å². The summed E-state index contributed by atoms with van der Waals surface area (Å²) in [5.74, 6) is 0. The fraction of sp³-hybridized carbons (Fsp3) is 0.893. The highest BCUT2D eigenvalue weighted by Gasteiger charge is 1.54. The standard InChI is InChI=1S/C4H8.C2H6O2.C2H4O.5C2H6.10CH4/c1-3-4-2;1-2-4-3;1-2-3;5*1-2;;;;;;;;;;/h3-4H,1-2H3;3H,2H2,1H3;2H,1H3;5*1-2H3;10*1H4. The van der Waals surface area contributed by atoms with Gasteiger partial charge in [-0.15, -0.1) is 0 Å². The number of carbonyl (C=O) groups is 1. The molecular formula is C28H88O3. The van der Waals surface area contributed by atoms with Crippen molar-refractivity contribution >= 4 is 6.29 Å². The Morgan fingerprint density at radius 1 is 0.516 bits per heavy atom. The molecule has 0 radical (unpaired) electrons. The van der Waals surface area contributed by atoms with E-state index in [4.69, 9.17) is 10.1 Å². The highest BCUT2D eigenvalue weighted by atomic mass is 17.1. The molecule has 0 aliphatic heterocycles. The molecule has 0 saturated carbocycles. The van der Waals surface area contributed by atoms with Gasteiger partial charge >= 0.3 is 0 Å². The minimum absolute atomic E-state index is 0. The van der Waals surface area contributed by atoms with Crippen LogP contribution in [0.15, 0.2) is 12.2 Å². The number of carbonyl (C=O) groups excluding carboxylic acids is 1. The van der Waals surface area contributed by atoms with Gasteiger partial charge in [0.1, 0.15) is 6.29 Å². The molecule has 0 aromatic heterocycles. The van der Waals surface area contributed by atoms with Gasteiger partial charge in [-0.05, 0) is 27.7 Å². The fourth-order valence-electron chi connectivity index (χ4n) is 0. The van der Waals surface area contributed by atoms with E-state index >= 15 is 0 Å². The van der Waals surface area contributed by atoms with Gasteiger partial charge < -0.3 is 4.79 Å². The van der Waals surface area contributed by atoms with Crippen LogP contribution in [0.3, 0.4) is 0 Å². The van der Waals surface area contributed by atoms with Gasteiger partial charge in [-0.25, -0.2) is 4.89 Å². The second-order valence-corrected chi connectivity index (χ2v) is 1.32. The van der Waals surface area contributed by atoms with Crippen molar-refractivity contribution in [3.63, 3.8) is 0 Å². The molecule has 0 unspecified atom stereocenters. The molecule has 0 aliphatic carbocycles. The zero-order chi connectivity index (χ0) is 19.5. The lowest BCUT2D eigenvalue weighted by Gasteiger charge is -1.73. The zero-order valence-corrected chi connectivity index (χ0v) is 17.7. The summed E-state index contributed by atoms with van der Waals surface area (Å²) >= 11 is 0. The Morgan fingerprint density at radius 3 is 0.581 bits per heavy atom. The van der Waals surface area contributed by atoms with Gasteiger partial charge in [-0.3, -0.25) is 5.26 Å². The molecule has 0 aliphatic rings. The van der Waals surface area contributed by atoms with Crippen molar-refractivity contribution in [3.05, 3.63) is 12.2 Å². The Kier molecular flexibility index (Phi) is 6950. The molecule has 0 heterocycles. The van der Waals surface area contributed by atoms with Crippen LogP contribution in [0.1, 0.15) is 171 Å². The lowest BCUT2D eigenvalue weighted by atomic mass is 10.6. The Hall–Kier alpha value is -0.670. The van der Waals surface area contributed by atoms with E-state index in [1.807, 2.05) is 95.2 Å². The quantitative estimate of drug-likeness (QED) is 0.178. The van der Waals surface area contributed by atoms with Crippen LogP contribution in [0.25, 0.3) is 0 Å². The smallest absolute Gasteiger partial charge is 0.116 e. The molecule has 0 rings (SSSR count). The zero-order valence-electron chi connectivity index (χ0n) is 17.7. The van der Waals surface area contributed by atoms with E-state index in [1.165, 1.54) is 6.92 Å². The van der Waals surface area contributed by atoms with Crippen LogP contribution in [-0.4, -0.2) is 18.2 Å². The topological polar surface area (TPSA) is 46.5 Å². The van der Waals surface area contributed by atoms with Crippen LogP contribution >= 0.6 is 0 Å². The van der Waals surface area contributed by atoms with Gasteiger partial charge in [-0.2, -0.15) is 0 Å². The Balaban J connectivity index is -0.00000000379. The number of allylic oxidation sites excluding steroid dienone is 2. The number of hydrogen-bond acceptors (Lipinski definition) is 3. The van der Waals surface area contributed by atoms with Gasteiger partial charge in [0.15, 0.2) is 0 Å². The second-order valence-electron chi connectivity index (χ2n) is 1.32. The van der Waals surface area contributed by atoms with E-state index in [2.05, 4.69) is 4.89 Å². The van der Waals surface area contributed by atoms with Gasteiger partial charge in [-0.1, -0.05) is 156 Å². The third kappa shape index (κ3) is 12400. The Morgan fingerprint density at radius 2 is 0.581 bits per heavy atom. The molecule has 0 spiro atoms. The van der Waals surface area contributed by atoms with Crippen molar-refractivity contribution in [2.75, 3.05) is 6.61 Å². The molecule has 0 aromatic rings. The first-order valence-corrected chi connectivity index (χ1v) is 8.48. The molecule has 0 atom stereocenters. The van der Waals surface area contributed by atoms with Gasteiger partial charge in [0.2, 0.25) is 0 Å². The number of hydrogen-bond donors (Lipinski definition) is 1. The van der Waals surface area contributed by atoms with E-state index in [1.54, 1.807) is 6.92 Å². The van der Waals surface area contributed by atoms with Gasteiger partial charge in [0, 0.05) is 0 Å². The largest absolute Gasteiger partial charge is 0.304 e. The first-order chi connectivity index (χ1) is 10.2. The van der Waals surface area contributed by atoms with Crippen molar-refractivity contribution in [2.45, 2.75) is 171 Å². The van der Waals surface area contributed by atoms with Crippen LogP contribution in [0.4, 0.5) is 0 Å². The average Bonchev–Trinajstić information content (AvgIpc) is 2.64. The minimum atomic E-state index is 0. The summed E-state index contributed by atoms with van der Waals surface area (Å²) in [6.07, 6.45) is 4.75. The fourth-order valence-corrected chi connectivity index (χ4v) is 0. The summed E-state index contributed by atoms with van der Waals surface area (Å²) in [7, 11) is 0. The highest BCUT2D eigenvalue weighted by Crippen LogP contribution is 1.57. The van der Waals surface area contributed by atoms with E-state index in [9.17, 15) is 0 Å². The number of rotatable bonds is 1. The van der Waals surface area contributed by atoms with Gasteiger partial charge in [0.05, 0.1) is 6.61 Å². The molecule has 0 fully saturated rings. The molecule has 3 heteroatoms. The summed E-state index contributed by atoms with van der Waals surface area (Å²) in [4.78, 5) is 12.3. The van der Waals surface area contributed by atoms with E-state index in [0.717, 1.165) is 6.29 Å².